The summed E-state index contributed by atoms with van der Waals surface area (Å²) in [7, 11) is 0. The van der Waals surface area contributed by atoms with E-state index < -0.39 is 22.6 Å². The van der Waals surface area contributed by atoms with E-state index in [1.807, 2.05) is 0 Å². The SMILES string of the molecule is O=C(O)c1ccc(NC(=O)c2csc([N+](=O)[O-])c2)c(F)c1. The van der Waals surface area contributed by atoms with Crippen LogP contribution in [0.25, 0.3) is 0 Å². The van der Waals surface area contributed by atoms with Gasteiger partial charge in [0.05, 0.1) is 21.7 Å². The maximum atomic E-state index is 13.6. The Hall–Kier alpha value is -2.81. The van der Waals surface area contributed by atoms with Crippen molar-refractivity contribution in [3.63, 3.8) is 0 Å². The van der Waals surface area contributed by atoms with Gasteiger partial charge in [0.2, 0.25) is 0 Å². The minimum Gasteiger partial charge on any atom is -0.478 e. The number of halogens is 1. The topological polar surface area (TPSA) is 110 Å². The second-order valence-corrected chi connectivity index (χ2v) is 4.77. The third-order valence-corrected chi connectivity index (χ3v) is 3.37. The van der Waals surface area contributed by atoms with Crippen molar-refractivity contribution in [3.05, 3.63) is 56.7 Å². The predicted molar refractivity (Wildman–Crippen MR) is 72.3 cm³/mol. The number of carbonyl (C=O) groups is 2. The molecule has 0 aliphatic heterocycles. The summed E-state index contributed by atoms with van der Waals surface area (Å²) in [6.45, 7) is 0. The van der Waals surface area contributed by atoms with E-state index in [1.165, 1.54) is 5.38 Å². The van der Waals surface area contributed by atoms with Gasteiger partial charge in [0.25, 0.3) is 5.91 Å². The zero-order valence-corrected chi connectivity index (χ0v) is 11.0. The minimum absolute atomic E-state index is 0.0217. The zero-order chi connectivity index (χ0) is 15.6. The largest absolute Gasteiger partial charge is 0.478 e. The molecule has 0 bridgehead atoms. The summed E-state index contributed by atoms with van der Waals surface area (Å²) < 4.78 is 13.6. The van der Waals surface area contributed by atoms with Crippen LogP contribution in [0.1, 0.15) is 20.7 Å². The van der Waals surface area contributed by atoms with Crippen LogP contribution in [0.15, 0.2) is 29.6 Å². The fourth-order valence-electron chi connectivity index (χ4n) is 1.48. The second-order valence-electron chi connectivity index (χ2n) is 3.88. The Kier molecular flexibility index (Phi) is 3.94. The van der Waals surface area contributed by atoms with E-state index in [0.29, 0.717) is 0 Å². The highest BCUT2D eigenvalue weighted by molar-refractivity contribution is 7.13. The van der Waals surface area contributed by atoms with E-state index >= 15 is 0 Å². The van der Waals surface area contributed by atoms with Crippen LogP contribution in [-0.4, -0.2) is 21.9 Å². The summed E-state index contributed by atoms with van der Waals surface area (Å²) in [5.41, 5.74) is -0.441. The first-order chi connectivity index (χ1) is 9.88. The molecule has 0 aliphatic rings. The molecule has 1 heterocycles. The number of amides is 1. The number of carboxylic acids is 1. The van der Waals surface area contributed by atoms with Gasteiger partial charge in [0, 0.05) is 11.4 Å². The van der Waals surface area contributed by atoms with Crippen molar-refractivity contribution in [1.29, 1.82) is 0 Å². The summed E-state index contributed by atoms with van der Waals surface area (Å²) in [5, 5.41) is 22.5. The molecule has 0 saturated carbocycles. The lowest BCUT2D eigenvalue weighted by Gasteiger charge is -2.05. The molecule has 0 spiro atoms. The number of nitrogens with zero attached hydrogens (tertiary/aromatic N) is 1. The van der Waals surface area contributed by atoms with Crippen molar-refractivity contribution in [2.75, 3.05) is 5.32 Å². The lowest BCUT2D eigenvalue weighted by molar-refractivity contribution is -0.380. The van der Waals surface area contributed by atoms with Gasteiger partial charge in [-0.1, -0.05) is 11.3 Å². The number of hydrogen-bond acceptors (Lipinski definition) is 5. The summed E-state index contributed by atoms with van der Waals surface area (Å²) in [4.78, 5) is 32.4. The smallest absolute Gasteiger partial charge is 0.335 e. The summed E-state index contributed by atoms with van der Waals surface area (Å²) >= 11 is 0.776. The zero-order valence-electron chi connectivity index (χ0n) is 10.2. The highest BCUT2D eigenvalue weighted by Crippen LogP contribution is 2.24. The molecule has 1 aromatic heterocycles. The fourth-order valence-corrected chi connectivity index (χ4v) is 2.19. The first-order valence-corrected chi connectivity index (χ1v) is 6.33. The molecule has 0 aliphatic carbocycles. The Bertz CT molecular complexity index is 743. The van der Waals surface area contributed by atoms with Crippen molar-refractivity contribution >= 4 is 33.9 Å². The van der Waals surface area contributed by atoms with E-state index in [0.717, 1.165) is 35.6 Å². The quantitative estimate of drug-likeness (QED) is 0.666. The van der Waals surface area contributed by atoms with Gasteiger partial charge in [-0.2, -0.15) is 0 Å². The molecule has 7 nitrogen and oxygen atoms in total. The van der Waals surface area contributed by atoms with Crippen LogP contribution in [0.4, 0.5) is 15.1 Å². The normalized spacial score (nSPS) is 10.1. The number of nitrogens with one attached hydrogen (secondary N) is 1. The van der Waals surface area contributed by atoms with Crippen LogP contribution in [0.3, 0.4) is 0 Å². The number of carbonyl (C=O) groups excluding carboxylic acids is 1. The molecule has 9 heteroatoms. The van der Waals surface area contributed by atoms with Crippen molar-refractivity contribution in [2.45, 2.75) is 0 Å². The van der Waals surface area contributed by atoms with E-state index in [4.69, 9.17) is 5.11 Å². The van der Waals surface area contributed by atoms with Crippen molar-refractivity contribution in [2.24, 2.45) is 0 Å². The number of thiophene rings is 1. The van der Waals surface area contributed by atoms with Crippen molar-refractivity contribution in [1.82, 2.24) is 0 Å². The van der Waals surface area contributed by atoms with Crippen LogP contribution in [0, 0.1) is 15.9 Å². The number of hydrogen-bond donors (Lipinski definition) is 2. The maximum absolute atomic E-state index is 13.6. The molecule has 0 saturated heterocycles. The molecule has 21 heavy (non-hydrogen) atoms. The highest BCUT2D eigenvalue weighted by atomic mass is 32.1. The Morgan fingerprint density at radius 3 is 2.52 bits per heavy atom. The lowest BCUT2D eigenvalue weighted by atomic mass is 10.2. The molecule has 0 fully saturated rings. The van der Waals surface area contributed by atoms with Crippen molar-refractivity contribution in [3.8, 4) is 0 Å². The van der Waals surface area contributed by atoms with E-state index in [9.17, 15) is 24.1 Å². The summed E-state index contributed by atoms with van der Waals surface area (Å²) in [6, 6.07) is 4.09. The van der Waals surface area contributed by atoms with Gasteiger partial charge in [0.15, 0.2) is 0 Å². The lowest BCUT2D eigenvalue weighted by Crippen LogP contribution is -2.12. The van der Waals surface area contributed by atoms with Gasteiger partial charge in [-0.15, -0.1) is 0 Å². The van der Waals surface area contributed by atoms with Gasteiger partial charge in [-0.05, 0) is 18.2 Å². The number of aromatic carboxylic acids is 1. The van der Waals surface area contributed by atoms with Crippen LogP contribution in [0.5, 0.6) is 0 Å². The van der Waals surface area contributed by atoms with E-state index in [2.05, 4.69) is 5.32 Å². The molecule has 1 amide bonds. The third-order valence-electron chi connectivity index (χ3n) is 2.49. The molecule has 2 rings (SSSR count). The van der Waals surface area contributed by atoms with Gasteiger partial charge in [0.1, 0.15) is 5.82 Å². The van der Waals surface area contributed by atoms with Gasteiger partial charge < -0.3 is 10.4 Å². The van der Waals surface area contributed by atoms with Gasteiger partial charge in [-0.25, -0.2) is 9.18 Å². The third kappa shape index (κ3) is 3.20. The number of carboxylic acid groups (broad SMARTS) is 1. The Balaban J connectivity index is 2.19. The Morgan fingerprint density at radius 2 is 2.00 bits per heavy atom. The Labute approximate surface area is 120 Å². The van der Waals surface area contributed by atoms with Crippen molar-refractivity contribution < 1.29 is 24.0 Å². The summed E-state index contributed by atoms with van der Waals surface area (Å²) in [5.74, 6) is -2.92. The molecule has 2 N–H and O–H groups in total. The highest BCUT2D eigenvalue weighted by Gasteiger charge is 2.16. The van der Waals surface area contributed by atoms with Crippen LogP contribution < -0.4 is 5.32 Å². The monoisotopic (exact) mass is 310 g/mol. The average Bonchev–Trinajstić information content (AvgIpc) is 2.90. The van der Waals surface area contributed by atoms with E-state index in [1.54, 1.807) is 0 Å². The number of anilines is 1. The number of rotatable bonds is 4. The Morgan fingerprint density at radius 1 is 1.29 bits per heavy atom. The second kappa shape index (κ2) is 5.67. The van der Waals surface area contributed by atoms with Gasteiger partial charge in [-0.3, -0.25) is 14.9 Å². The molecule has 1 aromatic carbocycles. The van der Waals surface area contributed by atoms with E-state index in [-0.39, 0.29) is 21.8 Å². The number of nitro groups is 1. The standard InChI is InChI=1S/C12H7FN2O5S/c13-8-3-6(12(17)18)1-2-9(8)14-11(16)7-4-10(15(19)20)21-5-7/h1-5H,(H,14,16)(H,17,18). The van der Waals surface area contributed by atoms with Gasteiger partial charge >= 0.3 is 11.0 Å². The first kappa shape index (κ1) is 14.6. The molecule has 0 atom stereocenters. The molecule has 108 valence electrons. The molecular weight excluding hydrogens is 303 g/mol. The summed E-state index contributed by atoms with van der Waals surface area (Å²) in [6.07, 6.45) is 0. The molecule has 2 aromatic rings. The fraction of sp³-hybridized carbons (Fsp3) is 0. The van der Waals surface area contributed by atoms with Crippen LogP contribution in [0.2, 0.25) is 0 Å². The molecule has 0 radical (unpaired) electrons. The molecule has 0 unspecified atom stereocenters. The first-order valence-electron chi connectivity index (χ1n) is 5.45. The number of benzene rings is 1. The van der Waals surface area contributed by atoms with Crippen LogP contribution >= 0.6 is 11.3 Å². The minimum atomic E-state index is -1.29. The predicted octanol–water partition coefficient (Wildman–Crippen LogP) is 2.75. The molecular formula is C12H7FN2O5S. The average molecular weight is 310 g/mol. The maximum Gasteiger partial charge on any atom is 0.335 e. The van der Waals surface area contributed by atoms with Crippen LogP contribution in [-0.2, 0) is 0 Å².